The molecule has 0 aliphatic carbocycles. The van der Waals surface area contributed by atoms with Crippen LogP contribution in [0, 0.1) is 11.3 Å². The molecule has 0 bridgehead atoms. The summed E-state index contributed by atoms with van der Waals surface area (Å²) >= 11 is 11.6. The van der Waals surface area contributed by atoms with Crippen molar-refractivity contribution in [2.45, 2.75) is 6.18 Å². The molecule has 0 aliphatic rings. The van der Waals surface area contributed by atoms with E-state index in [-0.39, 0.29) is 5.69 Å². The van der Waals surface area contributed by atoms with Gasteiger partial charge < -0.3 is 0 Å². The molecule has 2 aromatic carbocycles. The minimum absolute atomic E-state index is 0.0450. The van der Waals surface area contributed by atoms with Crippen molar-refractivity contribution < 1.29 is 13.2 Å². The first kappa shape index (κ1) is 18.7. The molecule has 0 radical (unpaired) electrons. The van der Waals surface area contributed by atoms with E-state index in [0.717, 1.165) is 12.1 Å². The van der Waals surface area contributed by atoms with Crippen LogP contribution in [0.2, 0.25) is 10.0 Å². The molecule has 0 aromatic heterocycles. The van der Waals surface area contributed by atoms with Crippen LogP contribution in [0.4, 0.5) is 24.5 Å². The number of rotatable bonds is 3. The summed E-state index contributed by atoms with van der Waals surface area (Å²) in [7, 11) is 0. The second-order valence-electron chi connectivity index (χ2n) is 4.57. The standard InChI is InChI=1S/C15H8Cl2F3N5/c16-10-5-11(17)7-13(6-10)23-25-14(8-21)24-22-12-3-1-2-9(4-12)15(18,19)20/h1-7,22H. The number of nitrogens with one attached hydrogen (secondary N) is 1. The third kappa shape index (κ3) is 5.74. The summed E-state index contributed by atoms with van der Waals surface area (Å²) in [6, 6.07) is 10.4. The maximum atomic E-state index is 12.6. The molecule has 0 saturated carbocycles. The number of alkyl halides is 3. The molecular weight excluding hydrogens is 378 g/mol. The quantitative estimate of drug-likeness (QED) is 0.302. The van der Waals surface area contributed by atoms with E-state index in [0.29, 0.717) is 15.7 Å². The van der Waals surface area contributed by atoms with Gasteiger partial charge in [0, 0.05) is 10.0 Å². The summed E-state index contributed by atoms with van der Waals surface area (Å²) < 4.78 is 37.9. The Morgan fingerprint density at radius 2 is 1.76 bits per heavy atom. The van der Waals surface area contributed by atoms with Gasteiger partial charge in [-0.3, -0.25) is 5.43 Å². The van der Waals surface area contributed by atoms with Gasteiger partial charge in [0.2, 0.25) is 0 Å². The van der Waals surface area contributed by atoms with Crippen LogP contribution in [-0.2, 0) is 6.18 Å². The van der Waals surface area contributed by atoms with E-state index < -0.39 is 17.6 Å². The second kappa shape index (κ2) is 7.96. The highest BCUT2D eigenvalue weighted by Gasteiger charge is 2.30. The highest BCUT2D eigenvalue weighted by Crippen LogP contribution is 2.30. The molecule has 0 amide bonds. The van der Waals surface area contributed by atoms with Crippen molar-refractivity contribution in [3.8, 4) is 6.07 Å². The summed E-state index contributed by atoms with van der Waals surface area (Å²) in [5, 5.41) is 20.6. The lowest BCUT2D eigenvalue weighted by Crippen LogP contribution is -2.05. The maximum Gasteiger partial charge on any atom is 0.416 e. The Kier molecular flexibility index (Phi) is 5.96. The van der Waals surface area contributed by atoms with Gasteiger partial charge >= 0.3 is 6.18 Å². The van der Waals surface area contributed by atoms with Crippen LogP contribution in [0.3, 0.4) is 0 Å². The van der Waals surface area contributed by atoms with Gasteiger partial charge in [-0.05, 0) is 36.4 Å². The van der Waals surface area contributed by atoms with Crippen molar-refractivity contribution in [2.24, 2.45) is 15.3 Å². The Bertz CT molecular complexity index is 852. The van der Waals surface area contributed by atoms with Gasteiger partial charge in [0.05, 0.1) is 16.9 Å². The van der Waals surface area contributed by atoms with E-state index in [1.165, 1.54) is 30.3 Å². The van der Waals surface area contributed by atoms with E-state index in [9.17, 15) is 13.2 Å². The first-order valence-corrected chi connectivity index (χ1v) is 7.32. The smallest absolute Gasteiger partial charge is 0.276 e. The zero-order chi connectivity index (χ0) is 18.4. The molecule has 2 aromatic rings. The fraction of sp³-hybridized carbons (Fsp3) is 0.0667. The van der Waals surface area contributed by atoms with Crippen LogP contribution in [0.25, 0.3) is 0 Å². The van der Waals surface area contributed by atoms with Crippen molar-refractivity contribution in [3.05, 3.63) is 58.1 Å². The number of anilines is 1. The van der Waals surface area contributed by atoms with Crippen molar-refractivity contribution in [1.29, 1.82) is 5.26 Å². The number of hydrogen-bond acceptors (Lipinski definition) is 4. The highest BCUT2D eigenvalue weighted by molar-refractivity contribution is 6.35. The summed E-state index contributed by atoms with van der Waals surface area (Å²) in [4.78, 5) is 0. The average molecular weight is 386 g/mol. The first-order valence-electron chi connectivity index (χ1n) is 6.57. The zero-order valence-electron chi connectivity index (χ0n) is 12.2. The summed E-state index contributed by atoms with van der Waals surface area (Å²) in [6.07, 6.45) is -4.48. The minimum Gasteiger partial charge on any atom is -0.276 e. The van der Waals surface area contributed by atoms with E-state index >= 15 is 0 Å². The molecule has 25 heavy (non-hydrogen) atoms. The van der Waals surface area contributed by atoms with E-state index in [1.807, 2.05) is 0 Å². The summed E-state index contributed by atoms with van der Waals surface area (Å²) in [5.41, 5.74) is 1.82. The van der Waals surface area contributed by atoms with Gasteiger partial charge in [0.25, 0.3) is 5.84 Å². The lowest BCUT2D eigenvalue weighted by atomic mass is 10.2. The van der Waals surface area contributed by atoms with Gasteiger partial charge in [-0.15, -0.1) is 15.3 Å². The summed E-state index contributed by atoms with van der Waals surface area (Å²) in [5.74, 6) is -0.395. The number of azo groups is 1. The molecule has 0 unspecified atom stereocenters. The van der Waals surface area contributed by atoms with Crippen molar-refractivity contribution in [2.75, 3.05) is 5.43 Å². The second-order valence-corrected chi connectivity index (χ2v) is 5.44. The van der Waals surface area contributed by atoms with Crippen LogP contribution in [-0.4, -0.2) is 5.84 Å². The predicted octanol–water partition coefficient (Wildman–Crippen LogP) is 6.05. The Labute approximate surface area is 150 Å². The van der Waals surface area contributed by atoms with Crippen molar-refractivity contribution in [1.82, 2.24) is 0 Å². The van der Waals surface area contributed by atoms with Gasteiger partial charge in [-0.2, -0.15) is 18.4 Å². The topological polar surface area (TPSA) is 72.9 Å². The minimum atomic E-state index is -4.48. The van der Waals surface area contributed by atoms with Gasteiger partial charge in [-0.1, -0.05) is 29.3 Å². The number of halogens is 5. The number of nitriles is 1. The SMILES string of the molecule is N#CC(N=Nc1cc(Cl)cc(Cl)c1)=NNc1cccc(C(F)(F)F)c1. The van der Waals surface area contributed by atoms with Crippen molar-refractivity contribution >= 4 is 40.4 Å². The lowest BCUT2D eigenvalue weighted by molar-refractivity contribution is -0.137. The third-order valence-corrected chi connectivity index (χ3v) is 3.12. The number of amidine groups is 1. The average Bonchev–Trinajstić information content (AvgIpc) is 2.53. The Balaban J connectivity index is 2.16. The number of nitrogens with zero attached hydrogens (tertiary/aromatic N) is 4. The van der Waals surface area contributed by atoms with Crippen LogP contribution in [0.1, 0.15) is 5.56 Å². The van der Waals surface area contributed by atoms with Crippen molar-refractivity contribution in [3.63, 3.8) is 0 Å². The van der Waals surface area contributed by atoms with Gasteiger partial charge in [-0.25, -0.2) is 0 Å². The van der Waals surface area contributed by atoms with E-state index in [4.69, 9.17) is 28.5 Å². The number of benzene rings is 2. The fourth-order valence-corrected chi connectivity index (χ4v) is 2.17. The molecule has 2 rings (SSSR count). The molecule has 0 atom stereocenters. The molecule has 0 aliphatic heterocycles. The molecular formula is C15H8Cl2F3N5. The largest absolute Gasteiger partial charge is 0.416 e. The molecule has 0 heterocycles. The van der Waals surface area contributed by atoms with Crippen LogP contribution in [0.15, 0.2) is 57.8 Å². The Morgan fingerprint density at radius 3 is 2.36 bits per heavy atom. The van der Waals surface area contributed by atoms with Crippen LogP contribution in [0.5, 0.6) is 0 Å². The normalized spacial score (nSPS) is 12.2. The van der Waals surface area contributed by atoms with Gasteiger partial charge in [0.1, 0.15) is 6.07 Å². The monoisotopic (exact) mass is 385 g/mol. The third-order valence-electron chi connectivity index (χ3n) is 2.69. The van der Waals surface area contributed by atoms with E-state index in [1.54, 1.807) is 6.07 Å². The first-order chi connectivity index (χ1) is 11.8. The van der Waals surface area contributed by atoms with E-state index in [2.05, 4.69) is 20.8 Å². The highest BCUT2D eigenvalue weighted by atomic mass is 35.5. The zero-order valence-corrected chi connectivity index (χ0v) is 13.7. The molecule has 0 fully saturated rings. The Morgan fingerprint density at radius 1 is 1.08 bits per heavy atom. The molecule has 10 heteroatoms. The lowest BCUT2D eigenvalue weighted by Gasteiger charge is -2.07. The van der Waals surface area contributed by atoms with Crippen LogP contribution < -0.4 is 5.43 Å². The van der Waals surface area contributed by atoms with Crippen LogP contribution >= 0.6 is 23.2 Å². The molecule has 5 nitrogen and oxygen atoms in total. The van der Waals surface area contributed by atoms with Gasteiger partial charge in [0.15, 0.2) is 0 Å². The molecule has 0 saturated heterocycles. The summed E-state index contributed by atoms with van der Waals surface area (Å²) in [6.45, 7) is 0. The fourth-order valence-electron chi connectivity index (χ4n) is 1.65. The number of hydrazone groups is 1. The predicted molar refractivity (Wildman–Crippen MR) is 89.1 cm³/mol. The maximum absolute atomic E-state index is 12.6. The number of hydrogen-bond donors (Lipinski definition) is 1. The molecule has 0 spiro atoms. The molecule has 128 valence electrons. The Hall–Kier alpha value is -2.63. The molecule has 1 N–H and O–H groups in total.